The Kier molecular flexibility index (Phi) is 6.46. The molecule has 1 aromatic carbocycles. The van der Waals surface area contributed by atoms with Crippen molar-refractivity contribution in [2.45, 2.75) is 39.8 Å². The fourth-order valence-electron chi connectivity index (χ4n) is 1.90. The second-order valence-electron chi connectivity index (χ2n) is 5.47. The van der Waals surface area contributed by atoms with Crippen LogP contribution in [0.5, 0.6) is 5.75 Å². The zero-order valence-electron chi connectivity index (χ0n) is 13.6. The third-order valence-electron chi connectivity index (χ3n) is 3.06. The van der Waals surface area contributed by atoms with Gasteiger partial charge in [0.1, 0.15) is 5.75 Å². The summed E-state index contributed by atoms with van der Waals surface area (Å²) >= 11 is 0. The Labute approximate surface area is 135 Å². The lowest BCUT2D eigenvalue weighted by atomic mass is 10.0. The van der Waals surface area contributed by atoms with Crippen molar-refractivity contribution in [1.82, 2.24) is 5.32 Å². The number of ether oxygens (including phenoxy) is 1. The van der Waals surface area contributed by atoms with Crippen molar-refractivity contribution in [1.29, 1.82) is 5.26 Å². The number of nitrogens with one attached hydrogen (secondary N) is 1. The van der Waals surface area contributed by atoms with Crippen LogP contribution in [-0.4, -0.2) is 29.6 Å². The SMILES string of the molecule is CC(=O)c1cccc(OC(C)C(=O)C(C#N)C(=O)NC(C)C)c1. The van der Waals surface area contributed by atoms with Crippen molar-refractivity contribution in [2.24, 2.45) is 5.92 Å². The van der Waals surface area contributed by atoms with Crippen molar-refractivity contribution < 1.29 is 19.1 Å². The summed E-state index contributed by atoms with van der Waals surface area (Å²) in [6.07, 6.45) is -0.986. The minimum Gasteiger partial charge on any atom is -0.483 e. The van der Waals surface area contributed by atoms with Crippen LogP contribution in [0, 0.1) is 17.2 Å². The maximum absolute atomic E-state index is 12.2. The van der Waals surface area contributed by atoms with Gasteiger partial charge in [0.05, 0.1) is 6.07 Å². The molecule has 0 spiro atoms. The van der Waals surface area contributed by atoms with Gasteiger partial charge in [0.15, 0.2) is 23.6 Å². The van der Waals surface area contributed by atoms with E-state index in [0.29, 0.717) is 11.3 Å². The summed E-state index contributed by atoms with van der Waals surface area (Å²) < 4.78 is 5.47. The summed E-state index contributed by atoms with van der Waals surface area (Å²) in [6, 6.07) is 7.92. The van der Waals surface area contributed by atoms with Gasteiger partial charge in [0, 0.05) is 11.6 Å². The summed E-state index contributed by atoms with van der Waals surface area (Å²) in [5.74, 6) is -2.48. The number of carbonyl (C=O) groups is 3. The van der Waals surface area contributed by atoms with Gasteiger partial charge in [-0.1, -0.05) is 12.1 Å². The van der Waals surface area contributed by atoms with Crippen LogP contribution >= 0.6 is 0 Å². The Morgan fingerprint density at radius 1 is 1.22 bits per heavy atom. The molecule has 2 atom stereocenters. The van der Waals surface area contributed by atoms with E-state index in [-0.39, 0.29) is 11.8 Å². The molecule has 0 saturated carbocycles. The predicted molar refractivity (Wildman–Crippen MR) is 83.9 cm³/mol. The summed E-state index contributed by atoms with van der Waals surface area (Å²) in [5.41, 5.74) is 0.455. The molecule has 1 N–H and O–H groups in total. The maximum Gasteiger partial charge on any atom is 0.245 e. The molecule has 0 radical (unpaired) electrons. The lowest BCUT2D eigenvalue weighted by molar-refractivity contribution is -0.135. The average molecular weight is 316 g/mol. The molecule has 0 aromatic heterocycles. The molecule has 0 bridgehead atoms. The van der Waals surface area contributed by atoms with Crippen LogP contribution in [0.25, 0.3) is 0 Å². The van der Waals surface area contributed by atoms with E-state index in [1.165, 1.54) is 19.9 Å². The molecule has 0 fully saturated rings. The minimum absolute atomic E-state index is 0.124. The number of hydrogen-bond donors (Lipinski definition) is 1. The van der Waals surface area contributed by atoms with Gasteiger partial charge in [0.2, 0.25) is 5.91 Å². The fourth-order valence-corrected chi connectivity index (χ4v) is 1.90. The van der Waals surface area contributed by atoms with Gasteiger partial charge >= 0.3 is 0 Å². The molecule has 0 aliphatic heterocycles. The molecular weight excluding hydrogens is 296 g/mol. The van der Waals surface area contributed by atoms with Gasteiger partial charge in [-0.05, 0) is 39.8 Å². The Balaban J connectivity index is 2.83. The number of benzene rings is 1. The summed E-state index contributed by atoms with van der Waals surface area (Å²) in [7, 11) is 0. The second-order valence-corrected chi connectivity index (χ2v) is 5.47. The molecule has 0 aliphatic rings. The van der Waals surface area contributed by atoms with Crippen LogP contribution in [0.15, 0.2) is 24.3 Å². The number of nitrogens with zero attached hydrogens (tertiary/aromatic N) is 1. The van der Waals surface area contributed by atoms with E-state index in [2.05, 4.69) is 5.32 Å². The molecule has 6 nitrogen and oxygen atoms in total. The van der Waals surface area contributed by atoms with Gasteiger partial charge in [-0.25, -0.2) is 0 Å². The van der Waals surface area contributed by atoms with E-state index in [1.54, 1.807) is 38.1 Å². The van der Waals surface area contributed by atoms with E-state index in [9.17, 15) is 14.4 Å². The minimum atomic E-state index is -1.43. The average Bonchev–Trinajstić information content (AvgIpc) is 2.47. The number of carbonyl (C=O) groups excluding carboxylic acids is 3. The van der Waals surface area contributed by atoms with Crippen LogP contribution in [0.3, 0.4) is 0 Å². The van der Waals surface area contributed by atoms with Crippen LogP contribution in [-0.2, 0) is 9.59 Å². The highest BCUT2D eigenvalue weighted by molar-refractivity contribution is 6.05. The van der Waals surface area contributed by atoms with Gasteiger partial charge in [-0.2, -0.15) is 5.26 Å². The van der Waals surface area contributed by atoms with Crippen molar-refractivity contribution in [2.75, 3.05) is 0 Å². The molecular formula is C17H20N2O4. The summed E-state index contributed by atoms with van der Waals surface area (Å²) in [5, 5.41) is 11.6. The zero-order valence-corrected chi connectivity index (χ0v) is 13.6. The topological polar surface area (TPSA) is 96.3 Å². The lowest BCUT2D eigenvalue weighted by Gasteiger charge is -2.17. The highest BCUT2D eigenvalue weighted by Gasteiger charge is 2.31. The van der Waals surface area contributed by atoms with E-state index in [1.807, 2.05) is 0 Å². The molecule has 1 aromatic rings. The number of nitriles is 1. The van der Waals surface area contributed by atoms with Gasteiger partial charge < -0.3 is 10.1 Å². The number of amides is 1. The largest absolute Gasteiger partial charge is 0.483 e. The molecule has 23 heavy (non-hydrogen) atoms. The van der Waals surface area contributed by atoms with Gasteiger partial charge in [0.25, 0.3) is 0 Å². The quantitative estimate of drug-likeness (QED) is 0.612. The second kappa shape index (κ2) is 8.08. The van der Waals surface area contributed by atoms with Gasteiger partial charge in [-0.15, -0.1) is 0 Å². The molecule has 0 saturated heterocycles. The first-order valence-electron chi connectivity index (χ1n) is 7.27. The molecule has 0 aliphatic carbocycles. The third kappa shape index (κ3) is 5.22. The number of Topliss-reactive ketones (excluding diaryl/α,β-unsaturated/α-hetero) is 2. The Bertz CT molecular complexity index is 646. The molecule has 6 heteroatoms. The van der Waals surface area contributed by atoms with Crippen LogP contribution in [0.2, 0.25) is 0 Å². The molecule has 0 heterocycles. The molecule has 1 amide bonds. The number of rotatable bonds is 7. The normalized spacial score (nSPS) is 12.9. The number of hydrogen-bond acceptors (Lipinski definition) is 5. The first kappa shape index (κ1) is 18.4. The molecule has 2 unspecified atom stereocenters. The molecule has 122 valence electrons. The Morgan fingerprint density at radius 3 is 2.39 bits per heavy atom. The van der Waals surface area contributed by atoms with Crippen molar-refractivity contribution in [3.8, 4) is 11.8 Å². The first-order valence-corrected chi connectivity index (χ1v) is 7.27. The standard InChI is InChI=1S/C17H20N2O4/c1-10(2)19-17(22)15(9-18)16(21)12(4)23-14-7-5-6-13(8-14)11(3)20/h5-8,10,12,15H,1-4H3,(H,19,22). The van der Waals surface area contributed by atoms with Crippen LogP contribution in [0.1, 0.15) is 38.1 Å². The third-order valence-corrected chi connectivity index (χ3v) is 3.06. The van der Waals surface area contributed by atoms with Crippen molar-refractivity contribution in [3.63, 3.8) is 0 Å². The highest BCUT2D eigenvalue weighted by Crippen LogP contribution is 2.17. The van der Waals surface area contributed by atoms with E-state index < -0.39 is 23.7 Å². The maximum atomic E-state index is 12.2. The van der Waals surface area contributed by atoms with Crippen molar-refractivity contribution in [3.05, 3.63) is 29.8 Å². The van der Waals surface area contributed by atoms with Gasteiger partial charge in [-0.3, -0.25) is 14.4 Å². The van der Waals surface area contributed by atoms with E-state index in [0.717, 1.165) is 0 Å². The Hall–Kier alpha value is -2.68. The number of ketones is 2. The zero-order chi connectivity index (χ0) is 17.6. The smallest absolute Gasteiger partial charge is 0.245 e. The van der Waals surface area contributed by atoms with E-state index in [4.69, 9.17) is 10.00 Å². The van der Waals surface area contributed by atoms with Crippen LogP contribution in [0.4, 0.5) is 0 Å². The lowest BCUT2D eigenvalue weighted by Crippen LogP contribution is -2.42. The highest BCUT2D eigenvalue weighted by atomic mass is 16.5. The Morgan fingerprint density at radius 2 is 1.87 bits per heavy atom. The monoisotopic (exact) mass is 316 g/mol. The van der Waals surface area contributed by atoms with E-state index >= 15 is 0 Å². The first-order chi connectivity index (χ1) is 10.8. The fraction of sp³-hybridized carbons (Fsp3) is 0.412. The summed E-state index contributed by atoms with van der Waals surface area (Å²) in [6.45, 7) is 6.37. The van der Waals surface area contributed by atoms with Crippen molar-refractivity contribution >= 4 is 17.5 Å². The summed E-state index contributed by atoms with van der Waals surface area (Å²) in [4.78, 5) is 35.5. The van der Waals surface area contributed by atoms with Crippen LogP contribution < -0.4 is 10.1 Å². The molecule has 1 rings (SSSR count). The predicted octanol–water partition coefficient (Wildman–Crippen LogP) is 1.89.